The molecule has 6 heteroatoms. The van der Waals surface area contributed by atoms with E-state index in [0.717, 1.165) is 0 Å². The second kappa shape index (κ2) is 3.87. The summed E-state index contributed by atoms with van der Waals surface area (Å²) in [4.78, 5) is 19.1. The van der Waals surface area contributed by atoms with Crippen LogP contribution in [0, 0.1) is 0 Å². The molecule has 0 fully saturated rings. The molecule has 2 rings (SSSR count). The van der Waals surface area contributed by atoms with E-state index in [-0.39, 0.29) is 0 Å². The lowest BCUT2D eigenvalue weighted by Gasteiger charge is -1.99. The summed E-state index contributed by atoms with van der Waals surface area (Å²) in [6, 6.07) is 3.30. The predicted molar refractivity (Wildman–Crippen MR) is 51.0 cm³/mol. The Balaban J connectivity index is 2.29. The Hall–Kier alpha value is -2.24. The topological polar surface area (TPSA) is 80.8 Å². The zero-order chi connectivity index (χ0) is 10.7. The zero-order valence-corrected chi connectivity index (χ0v) is 7.97. The van der Waals surface area contributed by atoms with Gasteiger partial charge in [-0.2, -0.15) is 5.10 Å². The lowest BCUT2D eigenvalue weighted by Crippen LogP contribution is -2.01. The van der Waals surface area contributed by atoms with Gasteiger partial charge in [-0.3, -0.25) is 10.1 Å². The van der Waals surface area contributed by atoms with Gasteiger partial charge in [0.15, 0.2) is 5.82 Å². The summed E-state index contributed by atoms with van der Waals surface area (Å²) in [5.41, 5.74) is 1.03. The van der Waals surface area contributed by atoms with Crippen molar-refractivity contribution in [1.29, 1.82) is 0 Å². The largest absolute Gasteiger partial charge is 0.465 e. The maximum atomic E-state index is 11.1. The minimum atomic E-state index is -0.411. The monoisotopic (exact) mass is 204 g/mol. The van der Waals surface area contributed by atoms with E-state index in [1.165, 1.54) is 19.6 Å². The van der Waals surface area contributed by atoms with Gasteiger partial charge in [-0.1, -0.05) is 0 Å². The first-order chi connectivity index (χ1) is 7.31. The average molecular weight is 204 g/mol. The molecule has 0 amide bonds. The predicted octanol–water partition coefficient (Wildman–Crippen LogP) is 0.653. The molecule has 0 aromatic carbocycles. The van der Waals surface area contributed by atoms with Crippen molar-refractivity contribution in [3.05, 3.63) is 30.2 Å². The highest BCUT2D eigenvalue weighted by atomic mass is 16.5. The summed E-state index contributed by atoms with van der Waals surface area (Å²) in [5.74, 6) is 0.151. The van der Waals surface area contributed by atoms with Gasteiger partial charge in [0, 0.05) is 6.20 Å². The summed E-state index contributed by atoms with van der Waals surface area (Å²) in [7, 11) is 1.33. The van der Waals surface area contributed by atoms with Crippen molar-refractivity contribution >= 4 is 5.97 Å². The molecule has 0 saturated carbocycles. The third kappa shape index (κ3) is 1.83. The average Bonchev–Trinajstić information content (AvgIpc) is 2.82. The molecule has 0 bridgehead atoms. The second-order valence-corrected chi connectivity index (χ2v) is 2.76. The minimum absolute atomic E-state index is 0.403. The second-order valence-electron chi connectivity index (χ2n) is 2.76. The lowest BCUT2D eigenvalue weighted by atomic mass is 10.2. The van der Waals surface area contributed by atoms with Gasteiger partial charge >= 0.3 is 5.97 Å². The Kier molecular flexibility index (Phi) is 2.40. The number of H-pyrrole nitrogens is 1. The van der Waals surface area contributed by atoms with Crippen LogP contribution in [0.1, 0.15) is 10.4 Å². The number of aromatic nitrogens is 4. The van der Waals surface area contributed by atoms with Crippen LogP contribution in [0.2, 0.25) is 0 Å². The highest BCUT2D eigenvalue weighted by molar-refractivity contribution is 5.89. The summed E-state index contributed by atoms with van der Waals surface area (Å²) >= 11 is 0. The fraction of sp³-hybridized carbons (Fsp3) is 0.111. The van der Waals surface area contributed by atoms with Gasteiger partial charge in [0.05, 0.1) is 12.7 Å². The summed E-state index contributed by atoms with van der Waals surface area (Å²) in [6.07, 6.45) is 2.83. The first-order valence-corrected chi connectivity index (χ1v) is 4.21. The summed E-state index contributed by atoms with van der Waals surface area (Å²) < 4.78 is 4.55. The van der Waals surface area contributed by atoms with E-state index < -0.39 is 5.97 Å². The maximum absolute atomic E-state index is 11.1. The molecule has 15 heavy (non-hydrogen) atoms. The van der Waals surface area contributed by atoms with Crippen molar-refractivity contribution in [1.82, 2.24) is 20.2 Å². The normalized spacial score (nSPS) is 9.93. The van der Waals surface area contributed by atoms with Crippen LogP contribution < -0.4 is 0 Å². The van der Waals surface area contributed by atoms with Crippen LogP contribution in [0.3, 0.4) is 0 Å². The van der Waals surface area contributed by atoms with Crippen molar-refractivity contribution in [3.63, 3.8) is 0 Å². The Morgan fingerprint density at radius 1 is 1.40 bits per heavy atom. The van der Waals surface area contributed by atoms with Crippen molar-refractivity contribution in [2.45, 2.75) is 0 Å². The molecule has 0 unspecified atom stereocenters. The Morgan fingerprint density at radius 2 is 2.27 bits per heavy atom. The molecule has 2 heterocycles. The van der Waals surface area contributed by atoms with Gasteiger partial charge in [0.25, 0.3) is 0 Å². The van der Waals surface area contributed by atoms with Crippen LogP contribution in [0.5, 0.6) is 0 Å². The molecule has 0 saturated heterocycles. The van der Waals surface area contributed by atoms with E-state index in [1.807, 2.05) is 0 Å². The van der Waals surface area contributed by atoms with Crippen LogP contribution in [-0.4, -0.2) is 33.2 Å². The number of hydrogen-bond donors (Lipinski definition) is 1. The van der Waals surface area contributed by atoms with E-state index in [2.05, 4.69) is 24.9 Å². The van der Waals surface area contributed by atoms with Crippen LogP contribution in [0.25, 0.3) is 11.5 Å². The van der Waals surface area contributed by atoms with Crippen LogP contribution in [0.4, 0.5) is 0 Å². The molecule has 0 spiro atoms. The number of carbonyl (C=O) groups is 1. The number of nitrogens with one attached hydrogen (secondary N) is 1. The maximum Gasteiger partial charge on any atom is 0.339 e. The Morgan fingerprint density at radius 3 is 2.80 bits per heavy atom. The number of aromatic amines is 1. The molecule has 0 radical (unpaired) electrons. The van der Waals surface area contributed by atoms with E-state index >= 15 is 0 Å². The number of nitrogens with zero attached hydrogens (tertiary/aromatic N) is 3. The van der Waals surface area contributed by atoms with Crippen molar-refractivity contribution in [2.24, 2.45) is 0 Å². The van der Waals surface area contributed by atoms with E-state index in [9.17, 15) is 4.79 Å². The van der Waals surface area contributed by atoms with Crippen LogP contribution in [0.15, 0.2) is 24.7 Å². The van der Waals surface area contributed by atoms with Crippen LogP contribution in [-0.2, 0) is 4.74 Å². The SMILES string of the molecule is COC(=O)c1ccc(-c2ncn[nH]2)nc1. The minimum Gasteiger partial charge on any atom is -0.465 e. The van der Waals surface area contributed by atoms with Gasteiger partial charge in [-0.25, -0.2) is 9.78 Å². The van der Waals surface area contributed by atoms with E-state index in [4.69, 9.17) is 0 Å². The van der Waals surface area contributed by atoms with E-state index in [1.54, 1.807) is 12.1 Å². The number of ether oxygens (including phenoxy) is 1. The fourth-order valence-electron chi connectivity index (χ4n) is 1.10. The van der Waals surface area contributed by atoms with Gasteiger partial charge in [-0.15, -0.1) is 0 Å². The number of carbonyl (C=O) groups excluding carboxylic acids is 1. The molecular formula is C9H8N4O2. The third-order valence-electron chi connectivity index (χ3n) is 1.84. The van der Waals surface area contributed by atoms with Gasteiger partial charge in [0.2, 0.25) is 0 Å². The van der Waals surface area contributed by atoms with Gasteiger partial charge in [0.1, 0.15) is 12.0 Å². The highest BCUT2D eigenvalue weighted by Crippen LogP contribution is 2.10. The molecule has 76 valence electrons. The molecule has 0 aliphatic rings. The highest BCUT2D eigenvalue weighted by Gasteiger charge is 2.07. The van der Waals surface area contributed by atoms with Crippen molar-refractivity contribution in [3.8, 4) is 11.5 Å². The molecule has 6 nitrogen and oxygen atoms in total. The molecule has 0 atom stereocenters. The number of pyridine rings is 1. The van der Waals surface area contributed by atoms with Crippen molar-refractivity contribution in [2.75, 3.05) is 7.11 Å². The zero-order valence-electron chi connectivity index (χ0n) is 7.97. The number of hydrogen-bond acceptors (Lipinski definition) is 5. The molecule has 0 aliphatic heterocycles. The quantitative estimate of drug-likeness (QED) is 0.726. The Bertz CT molecular complexity index is 449. The molecule has 0 aliphatic carbocycles. The third-order valence-corrected chi connectivity index (χ3v) is 1.84. The standard InChI is InChI=1S/C9H8N4O2/c1-15-9(14)6-2-3-7(10-4-6)8-11-5-12-13-8/h2-5H,1H3,(H,11,12,13). The van der Waals surface area contributed by atoms with Crippen LogP contribution >= 0.6 is 0 Å². The van der Waals surface area contributed by atoms with Gasteiger partial charge in [-0.05, 0) is 12.1 Å². The smallest absolute Gasteiger partial charge is 0.339 e. The first-order valence-electron chi connectivity index (χ1n) is 4.21. The van der Waals surface area contributed by atoms with Gasteiger partial charge < -0.3 is 4.74 Å². The van der Waals surface area contributed by atoms with E-state index in [0.29, 0.717) is 17.1 Å². The molecule has 2 aromatic heterocycles. The summed E-state index contributed by atoms with van der Waals surface area (Å²) in [5, 5.41) is 6.38. The molecule has 1 N–H and O–H groups in total. The first kappa shape index (κ1) is 9.32. The summed E-state index contributed by atoms with van der Waals surface area (Å²) in [6.45, 7) is 0. The number of esters is 1. The van der Waals surface area contributed by atoms with Crippen molar-refractivity contribution < 1.29 is 9.53 Å². The molecule has 2 aromatic rings. The lowest BCUT2D eigenvalue weighted by molar-refractivity contribution is 0.0600. The number of methoxy groups -OCH3 is 1. The number of rotatable bonds is 2. The fourth-order valence-corrected chi connectivity index (χ4v) is 1.10. The molecular weight excluding hydrogens is 196 g/mol. The Labute approximate surface area is 85.3 Å².